The first-order valence-electron chi connectivity index (χ1n) is 8.80. The molecule has 2 aliphatic carbocycles. The van der Waals surface area contributed by atoms with E-state index in [9.17, 15) is 0 Å². The van der Waals surface area contributed by atoms with Crippen LogP contribution in [-0.4, -0.2) is 42.0 Å². The Morgan fingerprint density at radius 2 is 1.90 bits per heavy atom. The van der Waals surface area contributed by atoms with E-state index in [-0.39, 0.29) is 0 Å². The number of benzene rings is 1. The third-order valence-corrected chi connectivity index (χ3v) is 6.07. The fourth-order valence-electron chi connectivity index (χ4n) is 4.98. The second-order valence-electron chi connectivity index (χ2n) is 7.54. The summed E-state index contributed by atoms with van der Waals surface area (Å²) in [6.45, 7) is 8.41. The maximum Gasteiger partial charge on any atom is 0.0234 e. The Bertz CT molecular complexity index is 490. The Hall–Kier alpha value is -0.860. The summed E-state index contributed by atoms with van der Waals surface area (Å²) in [6, 6.07) is 9.93. The van der Waals surface area contributed by atoms with E-state index >= 15 is 0 Å². The van der Waals surface area contributed by atoms with Gasteiger partial charge in [0.25, 0.3) is 0 Å². The van der Waals surface area contributed by atoms with Crippen LogP contribution in [0.15, 0.2) is 24.3 Å². The van der Waals surface area contributed by atoms with E-state index < -0.39 is 0 Å². The quantitative estimate of drug-likeness (QED) is 0.840. The van der Waals surface area contributed by atoms with Gasteiger partial charge in [-0.25, -0.2) is 0 Å². The molecule has 0 aromatic heterocycles. The van der Waals surface area contributed by atoms with Crippen LogP contribution in [0, 0.1) is 18.8 Å². The molecule has 0 radical (unpaired) electrons. The summed E-state index contributed by atoms with van der Waals surface area (Å²) >= 11 is 0. The van der Waals surface area contributed by atoms with E-state index in [4.69, 9.17) is 0 Å². The molecule has 1 aromatic carbocycles. The van der Waals surface area contributed by atoms with E-state index in [1.807, 2.05) is 0 Å². The molecule has 2 saturated carbocycles. The Labute approximate surface area is 129 Å². The highest BCUT2D eigenvalue weighted by molar-refractivity contribution is 5.22. The van der Waals surface area contributed by atoms with Crippen molar-refractivity contribution in [2.75, 3.05) is 26.2 Å². The predicted molar refractivity (Wildman–Crippen MR) is 87.3 cm³/mol. The number of hydrogen-bond donors (Lipinski definition) is 0. The van der Waals surface area contributed by atoms with E-state index in [0.29, 0.717) is 0 Å². The summed E-state index contributed by atoms with van der Waals surface area (Å²) in [7, 11) is 0. The molecule has 3 fully saturated rings. The van der Waals surface area contributed by atoms with Crippen LogP contribution in [0.2, 0.25) is 0 Å². The molecule has 21 heavy (non-hydrogen) atoms. The summed E-state index contributed by atoms with van der Waals surface area (Å²) in [4.78, 5) is 5.45. The minimum Gasteiger partial charge on any atom is -0.298 e. The Morgan fingerprint density at radius 3 is 2.57 bits per heavy atom. The zero-order valence-corrected chi connectivity index (χ0v) is 13.3. The molecule has 2 heteroatoms. The summed E-state index contributed by atoms with van der Waals surface area (Å²) in [5.74, 6) is 2.11. The fraction of sp³-hybridized carbons (Fsp3) is 0.684. The normalized spacial score (nSPS) is 33.7. The first kappa shape index (κ1) is 13.8. The van der Waals surface area contributed by atoms with Crippen LogP contribution in [0.1, 0.15) is 36.8 Å². The topological polar surface area (TPSA) is 6.48 Å². The molecule has 0 amide bonds. The zero-order valence-electron chi connectivity index (χ0n) is 13.3. The van der Waals surface area contributed by atoms with Crippen molar-refractivity contribution in [2.45, 2.75) is 45.2 Å². The van der Waals surface area contributed by atoms with Crippen molar-refractivity contribution in [3.05, 3.63) is 35.4 Å². The highest BCUT2D eigenvalue weighted by Crippen LogP contribution is 2.46. The number of hydrogen-bond acceptors (Lipinski definition) is 2. The Morgan fingerprint density at radius 1 is 1.05 bits per heavy atom. The van der Waals surface area contributed by atoms with Crippen molar-refractivity contribution in [1.29, 1.82) is 0 Å². The van der Waals surface area contributed by atoms with Gasteiger partial charge in [0.05, 0.1) is 0 Å². The van der Waals surface area contributed by atoms with Gasteiger partial charge >= 0.3 is 0 Å². The zero-order chi connectivity index (χ0) is 14.2. The summed E-state index contributed by atoms with van der Waals surface area (Å²) in [5.41, 5.74) is 2.86. The lowest BCUT2D eigenvalue weighted by atomic mass is 9.93. The van der Waals surface area contributed by atoms with Crippen LogP contribution in [0.25, 0.3) is 0 Å². The maximum absolute atomic E-state index is 2.82. The molecule has 1 aromatic rings. The fourth-order valence-corrected chi connectivity index (χ4v) is 4.98. The minimum atomic E-state index is 0.935. The number of rotatable bonds is 3. The van der Waals surface area contributed by atoms with Gasteiger partial charge in [-0.05, 0) is 43.6 Å². The van der Waals surface area contributed by atoms with E-state index in [2.05, 4.69) is 41.0 Å². The minimum absolute atomic E-state index is 0.935. The van der Waals surface area contributed by atoms with Crippen LogP contribution in [0.3, 0.4) is 0 Å². The molecule has 1 aliphatic heterocycles. The second kappa shape index (κ2) is 5.73. The molecule has 1 heterocycles. The molecule has 0 unspecified atom stereocenters. The van der Waals surface area contributed by atoms with Crippen molar-refractivity contribution in [3.63, 3.8) is 0 Å². The molecule has 1 saturated heterocycles. The summed E-state index contributed by atoms with van der Waals surface area (Å²) in [6.07, 6.45) is 6.07. The number of fused-ring (bicyclic) bond motifs is 2. The first-order chi connectivity index (χ1) is 10.3. The second-order valence-corrected chi connectivity index (χ2v) is 7.54. The number of aryl methyl sites for hydroxylation is 1. The average Bonchev–Trinajstić information content (AvgIpc) is 3.11. The van der Waals surface area contributed by atoms with Gasteiger partial charge in [-0.15, -0.1) is 0 Å². The van der Waals surface area contributed by atoms with E-state index in [1.165, 1.54) is 63.0 Å². The smallest absolute Gasteiger partial charge is 0.0234 e. The summed E-state index contributed by atoms with van der Waals surface area (Å²) < 4.78 is 0. The van der Waals surface area contributed by atoms with Crippen LogP contribution in [0.4, 0.5) is 0 Å². The van der Waals surface area contributed by atoms with Gasteiger partial charge in [-0.2, -0.15) is 0 Å². The highest BCUT2D eigenvalue weighted by atomic mass is 15.3. The molecule has 0 spiro atoms. The lowest BCUT2D eigenvalue weighted by Crippen LogP contribution is -2.51. The Balaban J connectivity index is 1.31. The lowest BCUT2D eigenvalue weighted by Gasteiger charge is -2.41. The third kappa shape index (κ3) is 2.89. The van der Waals surface area contributed by atoms with Gasteiger partial charge in [-0.3, -0.25) is 9.80 Å². The molecular weight excluding hydrogens is 256 g/mol. The number of piperazine rings is 1. The van der Waals surface area contributed by atoms with E-state index in [0.717, 1.165) is 24.4 Å². The molecule has 2 bridgehead atoms. The monoisotopic (exact) mass is 284 g/mol. The Kier molecular flexibility index (Phi) is 3.76. The van der Waals surface area contributed by atoms with Crippen LogP contribution in [0.5, 0.6) is 0 Å². The van der Waals surface area contributed by atoms with Crippen LogP contribution < -0.4 is 0 Å². The van der Waals surface area contributed by atoms with Crippen molar-refractivity contribution in [1.82, 2.24) is 9.80 Å². The average molecular weight is 284 g/mol. The van der Waals surface area contributed by atoms with Gasteiger partial charge in [0, 0.05) is 38.8 Å². The highest BCUT2D eigenvalue weighted by Gasteiger charge is 2.42. The van der Waals surface area contributed by atoms with Gasteiger partial charge < -0.3 is 0 Å². The van der Waals surface area contributed by atoms with Crippen molar-refractivity contribution < 1.29 is 0 Å². The number of nitrogens with zero attached hydrogens (tertiary/aromatic N) is 2. The maximum atomic E-state index is 2.82. The van der Waals surface area contributed by atoms with E-state index in [1.54, 1.807) is 0 Å². The third-order valence-electron chi connectivity index (χ3n) is 6.07. The largest absolute Gasteiger partial charge is 0.298 e. The van der Waals surface area contributed by atoms with Gasteiger partial charge in [0.15, 0.2) is 0 Å². The molecular formula is C19H28N2. The van der Waals surface area contributed by atoms with Crippen molar-refractivity contribution in [3.8, 4) is 0 Å². The predicted octanol–water partition coefficient (Wildman–Crippen LogP) is 3.30. The standard InChI is InChI=1S/C19H28N2/c1-15-3-2-4-17(11-15)14-20-7-9-21(10-8-20)19-13-16-5-6-18(19)12-16/h2-4,11,16,18-19H,5-10,12-14H2,1H3/t16-,18-,19+/m1/s1. The molecule has 114 valence electrons. The SMILES string of the molecule is Cc1cccc(CN2CCN([C@H]3C[C@@H]4CC[C@@H]3C4)CC2)c1. The van der Waals surface area contributed by atoms with Crippen LogP contribution in [-0.2, 0) is 6.54 Å². The lowest BCUT2D eigenvalue weighted by molar-refractivity contribution is 0.0679. The van der Waals surface area contributed by atoms with Crippen molar-refractivity contribution in [2.24, 2.45) is 11.8 Å². The molecule has 3 atom stereocenters. The van der Waals surface area contributed by atoms with Gasteiger partial charge in [0.1, 0.15) is 0 Å². The molecule has 2 nitrogen and oxygen atoms in total. The first-order valence-corrected chi connectivity index (χ1v) is 8.80. The van der Waals surface area contributed by atoms with Gasteiger partial charge in [0.2, 0.25) is 0 Å². The summed E-state index contributed by atoms with van der Waals surface area (Å²) in [5, 5.41) is 0. The van der Waals surface area contributed by atoms with Gasteiger partial charge in [-0.1, -0.05) is 36.2 Å². The molecule has 3 aliphatic rings. The van der Waals surface area contributed by atoms with Crippen molar-refractivity contribution >= 4 is 0 Å². The molecule has 0 N–H and O–H groups in total. The van der Waals surface area contributed by atoms with Crippen LogP contribution >= 0.6 is 0 Å². The molecule has 4 rings (SSSR count).